The van der Waals surface area contributed by atoms with Crippen molar-refractivity contribution in [2.75, 3.05) is 6.54 Å². The first-order valence-electron chi connectivity index (χ1n) is 24.6. The standard InChI is InChI=1S/C50H92N2O2/c1-5-9-13-17-21-25-29-33-37-45(38-34-30-26-22-18-14-10-6-2)41-51-43-47-48(44-51)50(54)52(49(47)53)42-46(39-35-31-27-23-19-15-11-7-3)40-36-32-28-24-20-16-12-8-4/h43-46H,5-42H2,1-4H3. The van der Waals surface area contributed by atoms with Crippen LogP contribution in [0.5, 0.6) is 0 Å². The van der Waals surface area contributed by atoms with E-state index in [1.165, 1.54) is 218 Å². The van der Waals surface area contributed by atoms with E-state index in [0.717, 1.165) is 19.4 Å². The van der Waals surface area contributed by atoms with E-state index in [9.17, 15) is 9.59 Å². The highest BCUT2D eigenvalue weighted by atomic mass is 16.2. The third kappa shape index (κ3) is 22.2. The Morgan fingerprint density at radius 3 is 0.870 bits per heavy atom. The van der Waals surface area contributed by atoms with Gasteiger partial charge in [-0.2, -0.15) is 0 Å². The minimum Gasteiger partial charge on any atom is -0.352 e. The zero-order valence-corrected chi connectivity index (χ0v) is 36.9. The lowest BCUT2D eigenvalue weighted by molar-refractivity contribution is 0.0620. The van der Waals surface area contributed by atoms with Crippen LogP contribution in [0.25, 0.3) is 0 Å². The maximum atomic E-state index is 13.8. The van der Waals surface area contributed by atoms with E-state index in [2.05, 4.69) is 32.3 Å². The Morgan fingerprint density at radius 1 is 0.352 bits per heavy atom. The third-order valence-electron chi connectivity index (χ3n) is 12.6. The minimum absolute atomic E-state index is 0.0340. The number of rotatable bonds is 40. The Kier molecular flexibility index (Phi) is 30.2. The average molecular weight is 753 g/mol. The fourth-order valence-electron chi connectivity index (χ4n) is 8.98. The summed E-state index contributed by atoms with van der Waals surface area (Å²) in [5.74, 6) is 0.986. The molecule has 1 aliphatic heterocycles. The van der Waals surface area contributed by atoms with E-state index in [1.54, 1.807) is 4.90 Å². The van der Waals surface area contributed by atoms with E-state index < -0.39 is 0 Å². The molecule has 4 nitrogen and oxygen atoms in total. The molecule has 1 aliphatic rings. The molecule has 2 amide bonds. The number of amides is 2. The van der Waals surface area contributed by atoms with Crippen molar-refractivity contribution in [3.63, 3.8) is 0 Å². The summed E-state index contributed by atoms with van der Waals surface area (Å²) in [6, 6.07) is 0. The van der Waals surface area contributed by atoms with Crippen molar-refractivity contribution >= 4 is 11.8 Å². The Hall–Kier alpha value is -1.58. The van der Waals surface area contributed by atoms with Gasteiger partial charge >= 0.3 is 0 Å². The molecule has 0 bridgehead atoms. The lowest BCUT2D eigenvalue weighted by Crippen LogP contribution is -2.35. The molecule has 314 valence electrons. The first kappa shape index (κ1) is 48.6. The summed E-state index contributed by atoms with van der Waals surface area (Å²) in [6.07, 6.45) is 51.8. The Bertz CT molecular complexity index is 956. The molecule has 0 aliphatic carbocycles. The van der Waals surface area contributed by atoms with Gasteiger partial charge in [0.15, 0.2) is 0 Å². The van der Waals surface area contributed by atoms with Crippen LogP contribution in [-0.2, 0) is 6.54 Å². The fourth-order valence-corrected chi connectivity index (χ4v) is 8.98. The number of nitrogens with zero attached hydrogens (tertiary/aromatic N) is 2. The zero-order valence-electron chi connectivity index (χ0n) is 36.9. The molecular formula is C50H92N2O2. The Morgan fingerprint density at radius 2 is 0.593 bits per heavy atom. The topological polar surface area (TPSA) is 42.3 Å². The molecule has 2 rings (SSSR count). The second-order valence-corrected chi connectivity index (χ2v) is 17.8. The number of unbranched alkanes of at least 4 members (excludes halogenated alkanes) is 28. The van der Waals surface area contributed by atoms with Gasteiger partial charge < -0.3 is 4.57 Å². The summed E-state index contributed by atoms with van der Waals surface area (Å²) in [5, 5.41) is 0. The van der Waals surface area contributed by atoms with Crippen molar-refractivity contribution in [1.82, 2.24) is 9.47 Å². The Labute approximate surface area is 337 Å². The van der Waals surface area contributed by atoms with Crippen LogP contribution in [0.2, 0.25) is 0 Å². The molecule has 54 heavy (non-hydrogen) atoms. The highest BCUT2D eigenvalue weighted by Crippen LogP contribution is 2.30. The van der Waals surface area contributed by atoms with Crippen LogP contribution in [0, 0.1) is 11.8 Å². The summed E-state index contributed by atoms with van der Waals surface area (Å²) < 4.78 is 2.22. The molecule has 1 aromatic heterocycles. The largest absolute Gasteiger partial charge is 0.352 e. The second-order valence-electron chi connectivity index (χ2n) is 17.8. The smallest absolute Gasteiger partial charge is 0.263 e. The number of carbonyl (C=O) groups is 2. The van der Waals surface area contributed by atoms with Crippen LogP contribution >= 0.6 is 0 Å². The molecule has 0 atom stereocenters. The first-order valence-corrected chi connectivity index (χ1v) is 24.6. The molecule has 0 N–H and O–H groups in total. The van der Waals surface area contributed by atoms with Crippen LogP contribution < -0.4 is 0 Å². The van der Waals surface area contributed by atoms with Gasteiger partial charge in [-0.05, 0) is 37.5 Å². The summed E-state index contributed by atoms with van der Waals surface area (Å²) in [7, 11) is 0. The average Bonchev–Trinajstić information content (AvgIpc) is 3.68. The quantitative estimate of drug-likeness (QED) is 0.0495. The number of imide groups is 1. The van der Waals surface area contributed by atoms with E-state index in [-0.39, 0.29) is 11.8 Å². The molecule has 0 fully saturated rings. The van der Waals surface area contributed by atoms with Crippen LogP contribution in [0.3, 0.4) is 0 Å². The van der Waals surface area contributed by atoms with Gasteiger partial charge in [0.1, 0.15) is 0 Å². The molecule has 0 spiro atoms. The molecule has 0 saturated heterocycles. The fraction of sp³-hybridized carbons (Fsp3) is 0.880. The summed E-state index contributed by atoms with van der Waals surface area (Å²) in [4.78, 5) is 29.3. The number of carbonyl (C=O) groups excluding carboxylic acids is 2. The van der Waals surface area contributed by atoms with E-state index >= 15 is 0 Å². The first-order chi connectivity index (χ1) is 26.5. The number of fused-ring (bicyclic) bond motifs is 1. The predicted octanol–water partition coefficient (Wildman–Crippen LogP) is 16.4. The van der Waals surface area contributed by atoms with Crippen LogP contribution in [-0.4, -0.2) is 27.8 Å². The van der Waals surface area contributed by atoms with Gasteiger partial charge in [0, 0.05) is 25.5 Å². The molecule has 0 radical (unpaired) electrons. The SMILES string of the molecule is CCCCCCCCCCC(CCCCCCCCCC)CN1C(=O)c2cn(CC(CCCCCCCCCC)CCCCCCCCCC)cc2C1=O. The van der Waals surface area contributed by atoms with E-state index in [4.69, 9.17) is 0 Å². The zero-order chi connectivity index (χ0) is 38.9. The highest BCUT2D eigenvalue weighted by molar-refractivity contribution is 6.21. The van der Waals surface area contributed by atoms with Gasteiger partial charge in [-0.25, -0.2) is 0 Å². The van der Waals surface area contributed by atoms with E-state index in [0.29, 0.717) is 29.5 Å². The normalized spacial score (nSPS) is 13.0. The van der Waals surface area contributed by atoms with Crippen molar-refractivity contribution in [1.29, 1.82) is 0 Å². The third-order valence-corrected chi connectivity index (χ3v) is 12.6. The maximum Gasteiger partial charge on any atom is 0.263 e. The van der Waals surface area contributed by atoms with Crippen molar-refractivity contribution in [3.8, 4) is 0 Å². The van der Waals surface area contributed by atoms with Crippen LogP contribution in [0.15, 0.2) is 12.4 Å². The van der Waals surface area contributed by atoms with Gasteiger partial charge in [0.05, 0.1) is 11.1 Å². The van der Waals surface area contributed by atoms with Crippen molar-refractivity contribution < 1.29 is 9.59 Å². The van der Waals surface area contributed by atoms with Gasteiger partial charge in [0.2, 0.25) is 0 Å². The van der Waals surface area contributed by atoms with E-state index in [1.807, 2.05) is 12.4 Å². The van der Waals surface area contributed by atoms with Crippen molar-refractivity contribution in [2.24, 2.45) is 11.8 Å². The number of aromatic nitrogens is 1. The van der Waals surface area contributed by atoms with Gasteiger partial charge in [0.25, 0.3) is 11.8 Å². The molecule has 0 aromatic carbocycles. The maximum absolute atomic E-state index is 13.8. The monoisotopic (exact) mass is 753 g/mol. The molecule has 4 heteroatoms. The molecule has 0 unspecified atom stereocenters. The minimum atomic E-state index is -0.0340. The summed E-state index contributed by atoms with van der Waals surface area (Å²) in [6.45, 7) is 10.7. The highest BCUT2D eigenvalue weighted by Gasteiger charge is 2.38. The molecule has 2 heterocycles. The van der Waals surface area contributed by atoms with Gasteiger partial charge in [-0.1, -0.05) is 233 Å². The predicted molar refractivity (Wildman–Crippen MR) is 236 cm³/mol. The Balaban J connectivity index is 1.93. The van der Waals surface area contributed by atoms with Crippen LogP contribution in [0.4, 0.5) is 0 Å². The number of hydrogen-bond acceptors (Lipinski definition) is 2. The van der Waals surface area contributed by atoms with Crippen LogP contribution in [0.1, 0.15) is 280 Å². The van der Waals surface area contributed by atoms with Crippen molar-refractivity contribution in [3.05, 3.63) is 23.5 Å². The summed E-state index contributed by atoms with van der Waals surface area (Å²) >= 11 is 0. The van der Waals surface area contributed by atoms with Crippen molar-refractivity contribution in [2.45, 2.75) is 265 Å². The second kappa shape index (κ2) is 33.5. The lowest BCUT2D eigenvalue weighted by Gasteiger charge is -2.23. The lowest BCUT2D eigenvalue weighted by atomic mass is 9.93. The summed E-state index contributed by atoms with van der Waals surface area (Å²) in [5.41, 5.74) is 1.33. The molecule has 0 saturated carbocycles. The van der Waals surface area contributed by atoms with Gasteiger partial charge in [-0.3, -0.25) is 14.5 Å². The number of hydrogen-bond donors (Lipinski definition) is 0. The molecule has 1 aromatic rings. The molecular weight excluding hydrogens is 661 g/mol. The van der Waals surface area contributed by atoms with Gasteiger partial charge in [-0.15, -0.1) is 0 Å².